The van der Waals surface area contributed by atoms with Gasteiger partial charge in [0.05, 0.1) is 0 Å². The van der Waals surface area contributed by atoms with E-state index in [0.29, 0.717) is 0 Å². The summed E-state index contributed by atoms with van der Waals surface area (Å²) < 4.78 is 0. The summed E-state index contributed by atoms with van der Waals surface area (Å²) in [6.07, 6.45) is 4.92. The normalized spacial score (nSPS) is 10.3. The second kappa shape index (κ2) is 6.27. The lowest BCUT2D eigenvalue weighted by molar-refractivity contribution is 0.0991. The number of amides is 1. The maximum atomic E-state index is 12.6. The molecule has 0 unspecified atom stereocenters. The Morgan fingerprint density at radius 2 is 1.74 bits per heavy atom. The minimum atomic E-state index is -0.407. The number of rotatable bonds is 3. The fourth-order valence-electron chi connectivity index (χ4n) is 2.30. The third kappa shape index (κ3) is 3.03. The average molecular weight is 305 g/mol. The van der Waals surface area contributed by atoms with Gasteiger partial charge in [-0.25, -0.2) is 0 Å². The van der Waals surface area contributed by atoms with Gasteiger partial charge in [-0.15, -0.1) is 0 Å². The van der Waals surface area contributed by atoms with E-state index >= 15 is 0 Å². The lowest BCUT2D eigenvalue weighted by atomic mass is 10.1. The van der Waals surface area contributed by atoms with E-state index in [4.69, 9.17) is 0 Å². The van der Waals surface area contributed by atoms with E-state index in [9.17, 15) is 9.59 Å². The Hall–Kier alpha value is -3.21. The minimum absolute atomic E-state index is 0.102. The van der Waals surface area contributed by atoms with Crippen molar-refractivity contribution in [2.75, 3.05) is 11.9 Å². The molecule has 0 spiro atoms. The van der Waals surface area contributed by atoms with Crippen LogP contribution in [0.3, 0.4) is 0 Å². The number of hydrogen-bond acceptors (Lipinski definition) is 3. The number of carbonyl (C=O) groups excluding carboxylic acids is 1. The number of benzene rings is 1. The number of anilines is 1. The van der Waals surface area contributed by atoms with Crippen molar-refractivity contribution < 1.29 is 4.79 Å². The molecule has 2 heterocycles. The zero-order valence-electron chi connectivity index (χ0n) is 12.6. The molecule has 0 saturated heterocycles. The molecule has 0 aliphatic carbocycles. The van der Waals surface area contributed by atoms with Gasteiger partial charge < -0.3 is 9.88 Å². The molecule has 0 saturated carbocycles. The molecule has 0 atom stereocenters. The molecule has 3 aromatic rings. The van der Waals surface area contributed by atoms with Gasteiger partial charge in [-0.05, 0) is 41.5 Å². The van der Waals surface area contributed by atoms with E-state index in [-0.39, 0.29) is 11.5 Å². The van der Waals surface area contributed by atoms with E-state index in [2.05, 4.69) is 9.97 Å². The van der Waals surface area contributed by atoms with Gasteiger partial charge in [-0.3, -0.25) is 14.6 Å². The van der Waals surface area contributed by atoms with Crippen molar-refractivity contribution in [3.63, 3.8) is 0 Å². The summed E-state index contributed by atoms with van der Waals surface area (Å²) in [5.41, 5.74) is 2.07. The summed E-state index contributed by atoms with van der Waals surface area (Å²) in [7, 11) is 1.65. The number of H-pyrrole nitrogens is 1. The number of aromatic nitrogens is 2. The number of carbonyl (C=O) groups is 1. The number of nitrogens with one attached hydrogen (secondary N) is 1. The second-order valence-corrected chi connectivity index (χ2v) is 5.07. The largest absolute Gasteiger partial charge is 0.328 e. The van der Waals surface area contributed by atoms with Crippen molar-refractivity contribution in [2.24, 2.45) is 0 Å². The van der Waals surface area contributed by atoms with Crippen LogP contribution in [0, 0.1) is 0 Å². The molecule has 2 aromatic heterocycles. The lowest BCUT2D eigenvalue weighted by Crippen LogP contribution is -2.31. The smallest absolute Gasteiger partial charge is 0.263 e. The van der Waals surface area contributed by atoms with E-state index in [1.165, 1.54) is 4.90 Å². The standard InChI is InChI=1S/C18H15N3O2/c1-21(15-5-3-2-4-6-15)18(23)16-11-14(12-20-17(16)22)13-7-9-19-10-8-13/h2-12H,1H3,(H,20,22). The number of para-hydroxylation sites is 1. The minimum Gasteiger partial charge on any atom is -0.328 e. The van der Waals surface area contributed by atoms with Crippen LogP contribution in [0.25, 0.3) is 11.1 Å². The molecule has 0 radical (unpaired) electrons. The highest BCUT2D eigenvalue weighted by molar-refractivity contribution is 6.06. The van der Waals surface area contributed by atoms with Gasteiger partial charge in [-0.1, -0.05) is 18.2 Å². The molecule has 3 rings (SSSR count). The molecule has 0 bridgehead atoms. The first-order valence-electron chi connectivity index (χ1n) is 7.13. The molecule has 114 valence electrons. The Labute approximate surface area is 133 Å². The monoisotopic (exact) mass is 305 g/mol. The molecular formula is C18H15N3O2. The predicted molar refractivity (Wildman–Crippen MR) is 89.5 cm³/mol. The van der Waals surface area contributed by atoms with Gasteiger partial charge in [0.25, 0.3) is 11.5 Å². The summed E-state index contributed by atoms with van der Waals surface area (Å²) in [6, 6.07) is 14.4. The average Bonchev–Trinajstić information content (AvgIpc) is 2.62. The van der Waals surface area contributed by atoms with Crippen LogP contribution in [0.5, 0.6) is 0 Å². The molecule has 1 amide bonds. The number of pyridine rings is 2. The Balaban J connectivity index is 1.99. The van der Waals surface area contributed by atoms with Gasteiger partial charge in [0.15, 0.2) is 0 Å². The van der Waals surface area contributed by atoms with Gasteiger partial charge in [0.1, 0.15) is 5.56 Å². The summed E-state index contributed by atoms with van der Waals surface area (Å²) in [4.78, 5) is 32.8. The van der Waals surface area contributed by atoms with Gasteiger partial charge in [-0.2, -0.15) is 0 Å². The van der Waals surface area contributed by atoms with E-state index < -0.39 is 5.56 Å². The van der Waals surface area contributed by atoms with Crippen LogP contribution in [0.4, 0.5) is 5.69 Å². The van der Waals surface area contributed by atoms with Gasteiger partial charge in [0, 0.05) is 31.3 Å². The number of nitrogens with zero attached hydrogens (tertiary/aromatic N) is 2. The van der Waals surface area contributed by atoms with E-state index in [0.717, 1.165) is 16.8 Å². The Morgan fingerprint density at radius 3 is 2.43 bits per heavy atom. The summed E-state index contributed by atoms with van der Waals surface area (Å²) in [6.45, 7) is 0. The lowest BCUT2D eigenvalue weighted by Gasteiger charge is -2.17. The van der Waals surface area contributed by atoms with Crippen LogP contribution in [-0.2, 0) is 0 Å². The molecular weight excluding hydrogens is 290 g/mol. The highest BCUT2D eigenvalue weighted by Gasteiger charge is 2.17. The first kappa shape index (κ1) is 14.7. The predicted octanol–water partition coefficient (Wildman–Crippen LogP) is 2.71. The van der Waals surface area contributed by atoms with Crippen LogP contribution >= 0.6 is 0 Å². The SMILES string of the molecule is CN(C(=O)c1cc(-c2ccncc2)c[nH]c1=O)c1ccccc1. The number of aromatic amines is 1. The van der Waals surface area contributed by atoms with E-state index in [1.807, 2.05) is 42.5 Å². The molecule has 23 heavy (non-hydrogen) atoms. The molecule has 1 N–H and O–H groups in total. The Bertz CT molecular complexity index is 874. The maximum Gasteiger partial charge on any atom is 0.263 e. The highest BCUT2D eigenvalue weighted by Crippen LogP contribution is 2.19. The third-order valence-electron chi connectivity index (χ3n) is 3.60. The van der Waals surface area contributed by atoms with Crippen LogP contribution in [0.1, 0.15) is 10.4 Å². The zero-order valence-corrected chi connectivity index (χ0v) is 12.6. The van der Waals surface area contributed by atoms with Crippen molar-refractivity contribution in [1.82, 2.24) is 9.97 Å². The van der Waals surface area contributed by atoms with Crippen LogP contribution in [0.15, 0.2) is 71.9 Å². The molecule has 0 fully saturated rings. The van der Waals surface area contributed by atoms with Gasteiger partial charge >= 0.3 is 0 Å². The summed E-state index contributed by atoms with van der Waals surface area (Å²) in [5.74, 6) is -0.353. The molecule has 5 heteroatoms. The fourth-order valence-corrected chi connectivity index (χ4v) is 2.30. The highest BCUT2D eigenvalue weighted by atomic mass is 16.2. The second-order valence-electron chi connectivity index (χ2n) is 5.07. The zero-order chi connectivity index (χ0) is 16.2. The molecule has 5 nitrogen and oxygen atoms in total. The maximum absolute atomic E-state index is 12.6. The van der Waals surface area contributed by atoms with E-state index in [1.54, 1.807) is 31.7 Å². The summed E-state index contributed by atoms with van der Waals surface area (Å²) in [5, 5.41) is 0. The van der Waals surface area contributed by atoms with Crippen molar-refractivity contribution in [3.8, 4) is 11.1 Å². The van der Waals surface area contributed by atoms with Crippen molar-refractivity contribution in [1.29, 1.82) is 0 Å². The first-order valence-corrected chi connectivity index (χ1v) is 7.13. The Morgan fingerprint density at radius 1 is 1.04 bits per heavy atom. The summed E-state index contributed by atoms with van der Waals surface area (Å²) >= 11 is 0. The first-order chi connectivity index (χ1) is 11.2. The van der Waals surface area contributed by atoms with Crippen LogP contribution in [0.2, 0.25) is 0 Å². The topological polar surface area (TPSA) is 66.1 Å². The van der Waals surface area contributed by atoms with Crippen molar-refractivity contribution in [2.45, 2.75) is 0 Å². The van der Waals surface area contributed by atoms with Crippen molar-refractivity contribution >= 4 is 11.6 Å². The van der Waals surface area contributed by atoms with Crippen molar-refractivity contribution in [3.05, 3.63) is 83.0 Å². The van der Waals surface area contributed by atoms with Crippen LogP contribution < -0.4 is 10.5 Å². The Kier molecular flexibility index (Phi) is 4.01. The third-order valence-corrected chi connectivity index (χ3v) is 3.60. The molecule has 1 aromatic carbocycles. The number of hydrogen-bond donors (Lipinski definition) is 1. The molecule has 0 aliphatic rings. The molecule has 0 aliphatic heterocycles. The quantitative estimate of drug-likeness (QED) is 0.809. The van der Waals surface area contributed by atoms with Crippen LogP contribution in [-0.4, -0.2) is 22.9 Å². The fraction of sp³-hybridized carbons (Fsp3) is 0.0556. The van der Waals surface area contributed by atoms with Gasteiger partial charge in [0.2, 0.25) is 0 Å².